The summed E-state index contributed by atoms with van der Waals surface area (Å²) in [6.45, 7) is 6.39. The van der Waals surface area contributed by atoms with E-state index in [9.17, 15) is 0 Å². The molecular formula is C17H20O2. The second-order valence-corrected chi connectivity index (χ2v) is 5.08. The molecule has 2 aromatic rings. The molecule has 0 fully saturated rings. The third-order valence-corrected chi connectivity index (χ3v) is 3.20. The van der Waals surface area contributed by atoms with Crippen molar-refractivity contribution >= 4 is 0 Å². The first-order valence-corrected chi connectivity index (χ1v) is 6.58. The predicted molar refractivity (Wildman–Crippen MR) is 77.7 cm³/mol. The number of aliphatic hydroxyl groups is 1. The lowest BCUT2D eigenvalue weighted by atomic mass is 10.0. The third-order valence-electron chi connectivity index (χ3n) is 3.20. The molecule has 1 N–H and O–H groups in total. The molecule has 100 valence electrons. The van der Waals surface area contributed by atoms with Crippen molar-refractivity contribution in [3.8, 4) is 11.5 Å². The van der Waals surface area contributed by atoms with Crippen LogP contribution in [0, 0.1) is 6.92 Å². The van der Waals surface area contributed by atoms with Gasteiger partial charge in [0.1, 0.15) is 11.5 Å². The van der Waals surface area contributed by atoms with Gasteiger partial charge in [0.15, 0.2) is 0 Å². The Bertz CT molecular complexity index is 542. The van der Waals surface area contributed by atoms with Gasteiger partial charge in [-0.15, -0.1) is 0 Å². The molecule has 0 atom stereocenters. The molecule has 0 unspecified atom stereocenters. The minimum absolute atomic E-state index is 0.0597. The maximum absolute atomic E-state index is 9.08. The number of aliphatic hydroxyl groups excluding tert-OH is 1. The first kappa shape index (κ1) is 13.6. The monoisotopic (exact) mass is 256 g/mol. The van der Waals surface area contributed by atoms with E-state index in [1.54, 1.807) is 0 Å². The topological polar surface area (TPSA) is 29.5 Å². The predicted octanol–water partition coefficient (Wildman–Crippen LogP) is 4.40. The van der Waals surface area contributed by atoms with Gasteiger partial charge >= 0.3 is 0 Å². The van der Waals surface area contributed by atoms with Gasteiger partial charge in [0.25, 0.3) is 0 Å². The zero-order valence-electron chi connectivity index (χ0n) is 11.7. The molecule has 2 aromatic carbocycles. The zero-order valence-corrected chi connectivity index (χ0v) is 11.7. The summed E-state index contributed by atoms with van der Waals surface area (Å²) in [5, 5.41) is 9.08. The van der Waals surface area contributed by atoms with E-state index in [0.29, 0.717) is 5.92 Å². The van der Waals surface area contributed by atoms with Gasteiger partial charge in [0, 0.05) is 0 Å². The van der Waals surface area contributed by atoms with E-state index in [0.717, 1.165) is 22.6 Å². The Morgan fingerprint density at radius 1 is 1.05 bits per heavy atom. The van der Waals surface area contributed by atoms with Crippen LogP contribution < -0.4 is 4.74 Å². The van der Waals surface area contributed by atoms with Gasteiger partial charge in [-0.2, -0.15) is 0 Å². The van der Waals surface area contributed by atoms with Gasteiger partial charge in [0.05, 0.1) is 6.61 Å². The fraction of sp³-hybridized carbons (Fsp3) is 0.294. The first-order valence-electron chi connectivity index (χ1n) is 6.58. The summed E-state index contributed by atoms with van der Waals surface area (Å²) in [5.74, 6) is 2.19. The molecule has 0 aliphatic heterocycles. The second-order valence-electron chi connectivity index (χ2n) is 5.08. The van der Waals surface area contributed by atoms with Gasteiger partial charge < -0.3 is 9.84 Å². The number of aryl methyl sites for hydroxylation is 1. The van der Waals surface area contributed by atoms with E-state index in [2.05, 4.69) is 26.0 Å². The largest absolute Gasteiger partial charge is 0.457 e. The lowest BCUT2D eigenvalue weighted by molar-refractivity contribution is 0.281. The summed E-state index contributed by atoms with van der Waals surface area (Å²) >= 11 is 0. The maximum atomic E-state index is 9.08. The van der Waals surface area contributed by atoms with E-state index in [4.69, 9.17) is 9.84 Å². The molecular weight excluding hydrogens is 236 g/mol. The molecule has 0 spiro atoms. The average molecular weight is 256 g/mol. The summed E-state index contributed by atoms with van der Waals surface area (Å²) in [6.07, 6.45) is 0. The molecule has 0 aromatic heterocycles. The molecule has 0 amide bonds. The van der Waals surface area contributed by atoms with Crippen LogP contribution in [-0.4, -0.2) is 5.11 Å². The molecule has 0 heterocycles. The average Bonchev–Trinajstić information content (AvgIpc) is 2.41. The molecule has 2 rings (SSSR count). The lowest BCUT2D eigenvalue weighted by Gasteiger charge is -2.11. The second kappa shape index (κ2) is 5.89. The zero-order chi connectivity index (χ0) is 13.8. The van der Waals surface area contributed by atoms with Crippen LogP contribution in [0.1, 0.15) is 36.5 Å². The van der Waals surface area contributed by atoms with Crippen molar-refractivity contribution in [2.75, 3.05) is 0 Å². The highest BCUT2D eigenvalue weighted by molar-refractivity contribution is 5.40. The minimum atomic E-state index is 0.0597. The van der Waals surface area contributed by atoms with Gasteiger partial charge in [0.2, 0.25) is 0 Å². The first-order chi connectivity index (χ1) is 9.10. The number of rotatable bonds is 4. The highest BCUT2D eigenvalue weighted by atomic mass is 16.5. The van der Waals surface area contributed by atoms with Crippen molar-refractivity contribution < 1.29 is 9.84 Å². The van der Waals surface area contributed by atoms with Crippen LogP contribution in [0.2, 0.25) is 0 Å². The Hall–Kier alpha value is -1.80. The minimum Gasteiger partial charge on any atom is -0.457 e. The Labute approximate surface area is 114 Å². The lowest BCUT2D eigenvalue weighted by Crippen LogP contribution is -1.91. The Morgan fingerprint density at radius 3 is 2.26 bits per heavy atom. The Morgan fingerprint density at radius 2 is 1.74 bits per heavy atom. The summed E-state index contributed by atoms with van der Waals surface area (Å²) in [7, 11) is 0. The summed E-state index contributed by atoms with van der Waals surface area (Å²) in [6, 6.07) is 13.9. The van der Waals surface area contributed by atoms with Crippen LogP contribution in [0.4, 0.5) is 0 Å². The van der Waals surface area contributed by atoms with Crippen molar-refractivity contribution in [2.24, 2.45) is 0 Å². The van der Waals surface area contributed by atoms with E-state index in [1.165, 1.54) is 5.56 Å². The quantitative estimate of drug-likeness (QED) is 0.878. The fourth-order valence-corrected chi connectivity index (χ4v) is 1.97. The van der Waals surface area contributed by atoms with Crippen LogP contribution in [0.5, 0.6) is 11.5 Å². The smallest absolute Gasteiger partial charge is 0.130 e. The van der Waals surface area contributed by atoms with E-state index in [-0.39, 0.29) is 6.61 Å². The number of hydrogen-bond acceptors (Lipinski definition) is 2. The van der Waals surface area contributed by atoms with Crippen LogP contribution in [0.15, 0.2) is 42.5 Å². The van der Waals surface area contributed by atoms with E-state index < -0.39 is 0 Å². The van der Waals surface area contributed by atoms with Gasteiger partial charge in [-0.1, -0.05) is 38.1 Å². The molecule has 0 saturated carbocycles. The molecule has 0 aliphatic carbocycles. The third kappa shape index (κ3) is 3.36. The molecule has 19 heavy (non-hydrogen) atoms. The number of hydrogen-bond donors (Lipinski definition) is 1. The van der Waals surface area contributed by atoms with Gasteiger partial charge in [-0.25, -0.2) is 0 Å². The van der Waals surface area contributed by atoms with Crippen molar-refractivity contribution in [3.05, 3.63) is 59.2 Å². The Kier molecular flexibility index (Phi) is 4.23. The van der Waals surface area contributed by atoms with Crippen molar-refractivity contribution in [1.29, 1.82) is 0 Å². The van der Waals surface area contributed by atoms with Crippen LogP contribution >= 0.6 is 0 Å². The van der Waals surface area contributed by atoms with Crippen molar-refractivity contribution in [2.45, 2.75) is 33.3 Å². The molecule has 0 radical (unpaired) electrons. The highest BCUT2D eigenvalue weighted by Crippen LogP contribution is 2.27. The van der Waals surface area contributed by atoms with Crippen LogP contribution in [0.3, 0.4) is 0 Å². The van der Waals surface area contributed by atoms with Crippen LogP contribution in [-0.2, 0) is 6.61 Å². The molecule has 2 nitrogen and oxygen atoms in total. The van der Waals surface area contributed by atoms with Crippen LogP contribution in [0.25, 0.3) is 0 Å². The fourth-order valence-electron chi connectivity index (χ4n) is 1.97. The van der Waals surface area contributed by atoms with Crippen molar-refractivity contribution in [1.82, 2.24) is 0 Å². The normalized spacial score (nSPS) is 10.8. The molecule has 0 aliphatic rings. The van der Waals surface area contributed by atoms with E-state index in [1.807, 2.05) is 37.3 Å². The van der Waals surface area contributed by atoms with Gasteiger partial charge in [-0.3, -0.25) is 0 Å². The molecule has 0 bridgehead atoms. The summed E-state index contributed by atoms with van der Waals surface area (Å²) in [4.78, 5) is 0. The van der Waals surface area contributed by atoms with Crippen molar-refractivity contribution in [3.63, 3.8) is 0 Å². The molecule has 0 saturated heterocycles. The maximum Gasteiger partial charge on any atom is 0.130 e. The summed E-state index contributed by atoms with van der Waals surface area (Å²) < 4.78 is 5.86. The number of benzene rings is 2. The Balaban J connectivity index is 2.16. The number of ether oxygens (including phenoxy) is 1. The summed E-state index contributed by atoms with van der Waals surface area (Å²) in [5.41, 5.74) is 3.24. The standard InChI is InChI=1S/C17H20O2/c1-12(2)15-5-7-16(8-6-15)19-17-9-4-14(11-18)10-13(17)3/h4-10,12,18H,11H2,1-3H3. The highest BCUT2D eigenvalue weighted by Gasteiger charge is 2.04. The van der Waals surface area contributed by atoms with Gasteiger partial charge in [-0.05, 0) is 47.7 Å². The molecule has 2 heteroatoms. The SMILES string of the molecule is Cc1cc(CO)ccc1Oc1ccc(C(C)C)cc1. The van der Waals surface area contributed by atoms with E-state index >= 15 is 0 Å².